The number of amides is 2. The summed E-state index contributed by atoms with van der Waals surface area (Å²) in [5.41, 5.74) is 6.84. The molecule has 2 aromatic carbocycles. The Labute approximate surface area is 276 Å². The molecular weight excluding hydrogens is 630 g/mol. The second-order valence-electron chi connectivity index (χ2n) is 12.7. The van der Waals surface area contributed by atoms with Crippen LogP contribution in [0, 0.1) is 11.3 Å². The van der Waals surface area contributed by atoms with Gasteiger partial charge in [-0.1, -0.05) is 44.2 Å². The first-order chi connectivity index (χ1) is 22.3. The van der Waals surface area contributed by atoms with Gasteiger partial charge < -0.3 is 45.2 Å². The predicted molar refractivity (Wildman–Crippen MR) is 172 cm³/mol. The van der Waals surface area contributed by atoms with Gasteiger partial charge in [0.1, 0.15) is 18.0 Å². The highest BCUT2D eigenvalue weighted by atomic mass is 32.2. The molecule has 0 saturated carbocycles. The highest BCUT2D eigenvalue weighted by Gasteiger charge is 2.53. The van der Waals surface area contributed by atoms with E-state index in [0.717, 1.165) is 5.56 Å². The van der Waals surface area contributed by atoms with Crippen molar-refractivity contribution in [3.8, 4) is 5.75 Å². The zero-order valence-electron chi connectivity index (χ0n) is 27.3. The zero-order chi connectivity index (χ0) is 34.2. The molecule has 14 heteroatoms. The molecule has 260 valence electrons. The lowest BCUT2D eigenvalue weighted by atomic mass is 9.79. The van der Waals surface area contributed by atoms with Crippen molar-refractivity contribution in [1.29, 1.82) is 0 Å². The Hall–Kier alpha value is -3.43. The van der Waals surface area contributed by atoms with Crippen molar-refractivity contribution >= 4 is 22.0 Å². The lowest BCUT2D eigenvalue weighted by Gasteiger charge is -2.42. The molecule has 0 aliphatic carbocycles. The topological polar surface area (TPSA) is 185 Å². The molecule has 0 bridgehead atoms. The molecular formula is C33H47N3O10S. The van der Waals surface area contributed by atoms with Crippen molar-refractivity contribution < 1.29 is 46.8 Å². The Kier molecular flexibility index (Phi) is 12.1. The summed E-state index contributed by atoms with van der Waals surface area (Å²) >= 11 is 0. The number of nitrogens with one attached hydrogen (secondary N) is 2. The molecule has 2 heterocycles. The second kappa shape index (κ2) is 15.6. The third-order valence-corrected chi connectivity index (χ3v) is 11.0. The minimum absolute atomic E-state index is 0.0510. The maximum Gasteiger partial charge on any atom is 0.407 e. The van der Waals surface area contributed by atoms with E-state index in [1.807, 2.05) is 6.07 Å². The van der Waals surface area contributed by atoms with Gasteiger partial charge in [-0.15, -0.1) is 0 Å². The van der Waals surface area contributed by atoms with Crippen molar-refractivity contribution in [3.63, 3.8) is 0 Å². The summed E-state index contributed by atoms with van der Waals surface area (Å²) < 4.78 is 56.0. The Morgan fingerprint density at radius 3 is 2.45 bits per heavy atom. The van der Waals surface area contributed by atoms with Gasteiger partial charge in [-0.2, -0.15) is 0 Å². The van der Waals surface area contributed by atoms with Gasteiger partial charge in [-0.05, 0) is 67.9 Å². The summed E-state index contributed by atoms with van der Waals surface area (Å²) in [5.74, 6) is 0.320. The normalized spacial score (nSPS) is 22.0. The van der Waals surface area contributed by atoms with Crippen LogP contribution in [-0.2, 0) is 35.2 Å². The molecule has 2 amide bonds. The van der Waals surface area contributed by atoms with E-state index in [1.54, 1.807) is 45.0 Å². The lowest BCUT2D eigenvalue weighted by molar-refractivity contribution is -0.0907. The number of nitrogens with two attached hydrogens (primary N) is 1. The van der Waals surface area contributed by atoms with Crippen molar-refractivity contribution in [2.75, 3.05) is 33.5 Å². The summed E-state index contributed by atoms with van der Waals surface area (Å²) in [4.78, 5) is 22.8. The summed E-state index contributed by atoms with van der Waals surface area (Å²) in [7, 11) is -3.02. The van der Waals surface area contributed by atoms with Crippen LogP contribution < -0.4 is 21.1 Å². The van der Waals surface area contributed by atoms with Crippen molar-refractivity contribution in [2.24, 2.45) is 17.1 Å². The summed E-state index contributed by atoms with van der Waals surface area (Å²) in [6, 6.07) is 13.6. The average molecular weight is 678 g/mol. The Morgan fingerprint density at radius 1 is 1.09 bits per heavy atom. The van der Waals surface area contributed by atoms with Gasteiger partial charge in [0.25, 0.3) is 0 Å². The number of ether oxygens (including phenoxy) is 5. The molecule has 2 aromatic rings. The fraction of sp³-hybridized carbons (Fsp3) is 0.576. The van der Waals surface area contributed by atoms with Crippen LogP contribution in [-0.4, -0.2) is 88.6 Å². The molecule has 4 rings (SSSR count). The number of methoxy groups -OCH3 is 1. The second-order valence-corrected chi connectivity index (χ2v) is 15.0. The number of aliphatic hydroxyl groups is 1. The first kappa shape index (κ1) is 36.4. The number of carbonyl (C=O) groups is 2. The molecule has 2 saturated heterocycles. The number of hydrogen-bond donors (Lipinski definition) is 4. The van der Waals surface area contributed by atoms with Gasteiger partial charge in [0.05, 0.1) is 43.8 Å². The van der Waals surface area contributed by atoms with Crippen molar-refractivity contribution in [2.45, 2.75) is 80.8 Å². The highest BCUT2D eigenvalue weighted by molar-refractivity contribution is 7.92. The molecule has 47 heavy (non-hydrogen) atoms. The number of fused-ring (bicyclic) bond motifs is 1. The van der Waals surface area contributed by atoms with E-state index >= 15 is 0 Å². The Balaban J connectivity index is 1.66. The summed E-state index contributed by atoms with van der Waals surface area (Å²) in [6.45, 7) is 6.32. The van der Waals surface area contributed by atoms with Crippen molar-refractivity contribution in [3.05, 3.63) is 60.2 Å². The van der Waals surface area contributed by atoms with Crippen LogP contribution in [0.5, 0.6) is 5.75 Å². The highest BCUT2D eigenvalue weighted by Crippen LogP contribution is 2.39. The van der Waals surface area contributed by atoms with Gasteiger partial charge in [0, 0.05) is 6.54 Å². The molecule has 2 fully saturated rings. The number of sulfone groups is 1. The van der Waals surface area contributed by atoms with Crippen LogP contribution in [0.2, 0.25) is 0 Å². The van der Waals surface area contributed by atoms with E-state index in [-0.39, 0.29) is 43.4 Å². The Bertz CT molecular complexity index is 1440. The van der Waals surface area contributed by atoms with Crippen LogP contribution in [0.1, 0.15) is 45.6 Å². The van der Waals surface area contributed by atoms with Crippen LogP contribution in [0.25, 0.3) is 0 Å². The molecule has 2 aliphatic rings. The minimum Gasteiger partial charge on any atom is -0.497 e. The maximum atomic E-state index is 14.5. The minimum atomic E-state index is -4.48. The smallest absolute Gasteiger partial charge is 0.407 e. The standard InChI is InChI=1S/C33H47N3O10S/c1-5-43-30(38)35-17-16-32(2,3)21-33(34,47(40,41)24-13-11-23(42-4)12-14-24)28(37)26(19-22-9-7-6-8-10-22)36-31(39)46-27-20-45-29-25(27)15-18-44-29/h6-14,25-29,37H,5,15-21,34H2,1-4H3,(H,35,38)(H,36,39)/t25-,26-,27-,28+,29+,33?/m0/s1. The molecule has 0 radical (unpaired) electrons. The van der Waals surface area contributed by atoms with Crippen LogP contribution in [0.3, 0.4) is 0 Å². The average Bonchev–Trinajstić information content (AvgIpc) is 3.66. The van der Waals surface area contributed by atoms with Crippen LogP contribution in [0.4, 0.5) is 9.59 Å². The van der Waals surface area contributed by atoms with E-state index < -0.39 is 56.8 Å². The van der Waals surface area contributed by atoms with Crippen molar-refractivity contribution in [1.82, 2.24) is 10.6 Å². The summed E-state index contributed by atoms with van der Waals surface area (Å²) in [5, 5.41) is 17.5. The molecule has 0 aromatic heterocycles. The number of carbonyl (C=O) groups excluding carboxylic acids is 2. The third kappa shape index (κ3) is 8.93. The fourth-order valence-electron chi connectivity index (χ4n) is 6.17. The fourth-order valence-corrected chi connectivity index (χ4v) is 8.17. The first-order valence-electron chi connectivity index (χ1n) is 15.8. The van der Waals surface area contributed by atoms with E-state index in [2.05, 4.69) is 10.6 Å². The largest absolute Gasteiger partial charge is 0.497 e. The maximum absolute atomic E-state index is 14.5. The number of aliphatic hydroxyl groups excluding tert-OH is 1. The van der Waals surface area contributed by atoms with Crippen LogP contribution in [0.15, 0.2) is 59.5 Å². The lowest BCUT2D eigenvalue weighted by Crippen LogP contribution is -2.65. The molecule has 13 nitrogen and oxygen atoms in total. The molecule has 1 unspecified atom stereocenters. The predicted octanol–water partition coefficient (Wildman–Crippen LogP) is 3.14. The first-order valence-corrected chi connectivity index (χ1v) is 17.3. The zero-order valence-corrected chi connectivity index (χ0v) is 28.2. The third-order valence-electron chi connectivity index (χ3n) is 8.70. The van der Waals surface area contributed by atoms with Gasteiger partial charge in [0.15, 0.2) is 21.0 Å². The molecule has 0 spiro atoms. The number of hydrogen-bond acceptors (Lipinski definition) is 11. The van der Waals surface area contributed by atoms with Crippen LogP contribution >= 0.6 is 0 Å². The van der Waals surface area contributed by atoms with E-state index in [9.17, 15) is 23.1 Å². The molecule has 2 aliphatic heterocycles. The number of alkyl carbamates (subject to hydrolysis) is 2. The number of rotatable bonds is 15. The quantitative estimate of drug-likeness (QED) is 0.217. The SMILES string of the molecule is CCOC(=O)NCCC(C)(C)CC(N)([C@H](O)[C@H](Cc1ccccc1)NC(=O)O[C@H]1CO[C@H]2OCC[C@H]21)S(=O)(=O)c1ccc(OC)cc1. The van der Waals surface area contributed by atoms with Gasteiger partial charge in [0.2, 0.25) is 0 Å². The van der Waals surface area contributed by atoms with E-state index in [0.29, 0.717) is 25.2 Å². The van der Waals surface area contributed by atoms with Gasteiger partial charge >= 0.3 is 12.2 Å². The van der Waals surface area contributed by atoms with E-state index in [1.165, 1.54) is 31.4 Å². The molecule has 5 N–H and O–H groups in total. The van der Waals surface area contributed by atoms with E-state index in [4.69, 9.17) is 29.4 Å². The number of benzene rings is 2. The van der Waals surface area contributed by atoms with Gasteiger partial charge in [-0.25, -0.2) is 18.0 Å². The van der Waals surface area contributed by atoms with Gasteiger partial charge in [-0.3, -0.25) is 0 Å². The summed E-state index contributed by atoms with van der Waals surface area (Å²) in [6.07, 6.45) is -3.46. The Morgan fingerprint density at radius 2 is 1.79 bits per heavy atom. The monoisotopic (exact) mass is 677 g/mol. The molecule has 6 atom stereocenters.